The van der Waals surface area contributed by atoms with E-state index in [2.05, 4.69) is 0 Å². The van der Waals surface area contributed by atoms with E-state index in [4.69, 9.17) is 10.8 Å². The van der Waals surface area contributed by atoms with Gasteiger partial charge in [0.05, 0.1) is 23.7 Å². The van der Waals surface area contributed by atoms with E-state index < -0.39 is 0 Å². The van der Waals surface area contributed by atoms with Crippen LogP contribution in [0.4, 0.5) is 11.4 Å². The van der Waals surface area contributed by atoms with E-state index in [1.54, 1.807) is 12.1 Å². The Hall–Kier alpha value is -1.20. The average Bonchev–Trinajstić information content (AvgIpc) is 2.27. The number of hydrogen-bond acceptors (Lipinski definition) is 4. The van der Waals surface area contributed by atoms with Crippen LogP contribution in [-0.4, -0.2) is 36.2 Å². The number of aliphatic hydroxyl groups is 1. The molecule has 0 fully saturated rings. The topological polar surface area (TPSA) is 66.6 Å². The number of nitrogen functional groups attached to an aromatic ring is 1. The molecular weight excluding hydrogens is 224 g/mol. The fraction of sp³-hybridized carbons (Fsp3) is 0.364. The average molecular weight is 240 g/mol. The molecular formula is C11H16N2O2S. The molecule has 0 atom stereocenters. The van der Waals surface area contributed by atoms with Gasteiger partial charge in [0.15, 0.2) is 0 Å². The van der Waals surface area contributed by atoms with Crippen molar-refractivity contribution in [3.8, 4) is 0 Å². The second kappa shape index (κ2) is 6.40. The molecule has 1 amide bonds. The molecule has 0 unspecified atom stereocenters. The predicted molar refractivity (Wildman–Crippen MR) is 68.7 cm³/mol. The summed E-state index contributed by atoms with van der Waals surface area (Å²) in [5.41, 5.74) is 7.01. The van der Waals surface area contributed by atoms with E-state index in [0.29, 0.717) is 17.1 Å². The van der Waals surface area contributed by atoms with Gasteiger partial charge in [0, 0.05) is 6.54 Å². The summed E-state index contributed by atoms with van der Waals surface area (Å²) in [6.07, 6.45) is 1.86. The Morgan fingerprint density at radius 2 is 2.19 bits per heavy atom. The molecule has 0 spiro atoms. The molecule has 1 aromatic carbocycles. The first-order valence-corrected chi connectivity index (χ1v) is 6.34. The Morgan fingerprint density at radius 1 is 1.50 bits per heavy atom. The van der Waals surface area contributed by atoms with Gasteiger partial charge in [-0.05, 0) is 18.4 Å². The van der Waals surface area contributed by atoms with Crippen LogP contribution in [-0.2, 0) is 4.79 Å². The van der Waals surface area contributed by atoms with Crippen molar-refractivity contribution in [2.24, 2.45) is 0 Å². The van der Waals surface area contributed by atoms with Gasteiger partial charge in [-0.1, -0.05) is 12.1 Å². The van der Waals surface area contributed by atoms with Gasteiger partial charge in [0.2, 0.25) is 5.91 Å². The molecule has 0 heterocycles. The standard InChI is InChI=1S/C11H16N2O2S/c1-16-8-11(15)13(6-7-14)10-5-3-2-4-9(10)12/h2-5,14H,6-8,12H2,1H3. The minimum absolute atomic E-state index is 0.0422. The summed E-state index contributed by atoms with van der Waals surface area (Å²) < 4.78 is 0. The van der Waals surface area contributed by atoms with Crippen LogP contribution in [0, 0.1) is 0 Å². The minimum atomic E-state index is -0.0749. The first-order valence-electron chi connectivity index (χ1n) is 4.95. The van der Waals surface area contributed by atoms with Crippen molar-refractivity contribution >= 4 is 29.0 Å². The van der Waals surface area contributed by atoms with Crippen LogP contribution < -0.4 is 10.6 Å². The van der Waals surface area contributed by atoms with E-state index in [1.165, 1.54) is 16.7 Å². The molecule has 0 saturated carbocycles. The lowest BCUT2D eigenvalue weighted by atomic mass is 10.2. The zero-order chi connectivity index (χ0) is 12.0. The molecule has 5 heteroatoms. The van der Waals surface area contributed by atoms with Crippen molar-refractivity contribution in [3.05, 3.63) is 24.3 Å². The van der Waals surface area contributed by atoms with Crippen LogP contribution in [0.15, 0.2) is 24.3 Å². The van der Waals surface area contributed by atoms with E-state index in [1.807, 2.05) is 18.4 Å². The van der Waals surface area contributed by atoms with Gasteiger partial charge in [-0.2, -0.15) is 11.8 Å². The summed E-state index contributed by atoms with van der Waals surface area (Å²) in [5, 5.41) is 8.96. The monoisotopic (exact) mass is 240 g/mol. The van der Waals surface area contributed by atoms with Crippen LogP contribution in [0.1, 0.15) is 0 Å². The second-order valence-electron chi connectivity index (χ2n) is 3.26. The lowest BCUT2D eigenvalue weighted by molar-refractivity contribution is -0.116. The number of amides is 1. The normalized spacial score (nSPS) is 10.1. The zero-order valence-electron chi connectivity index (χ0n) is 9.22. The number of rotatable bonds is 5. The lowest BCUT2D eigenvalue weighted by Crippen LogP contribution is -2.35. The number of thioether (sulfide) groups is 1. The van der Waals surface area contributed by atoms with Gasteiger partial charge < -0.3 is 15.7 Å². The highest BCUT2D eigenvalue weighted by Crippen LogP contribution is 2.22. The van der Waals surface area contributed by atoms with Gasteiger partial charge in [-0.25, -0.2) is 0 Å². The molecule has 3 N–H and O–H groups in total. The summed E-state index contributed by atoms with van der Waals surface area (Å²) in [5.74, 6) is 0.341. The van der Waals surface area contributed by atoms with E-state index in [0.717, 1.165) is 0 Å². The largest absolute Gasteiger partial charge is 0.397 e. The van der Waals surface area contributed by atoms with E-state index >= 15 is 0 Å². The molecule has 0 bridgehead atoms. The Labute approximate surface area is 99.4 Å². The number of nitrogens with zero attached hydrogens (tertiary/aromatic N) is 1. The zero-order valence-corrected chi connectivity index (χ0v) is 10.0. The molecule has 1 aromatic rings. The van der Waals surface area contributed by atoms with Crippen molar-refractivity contribution in [2.75, 3.05) is 35.8 Å². The predicted octanol–water partition coefficient (Wildman–Crippen LogP) is 0.957. The molecule has 0 aliphatic carbocycles. The third-order valence-electron chi connectivity index (χ3n) is 2.12. The van der Waals surface area contributed by atoms with E-state index in [9.17, 15) is 4.79 Å². The summed E-state index contributed by atoms with van der Waals surface area (Å²) in [6, 6.07) is 7.16. The molecule has 0 aliphatic rings. The van der Waals surface area contributed by atoms with Gasteiger partial charge >= 0.3 is 0 Å². The maximum absolute atomic E-state index is 11.8. The number of para-hydroxylation sites is 2. The van der Waals surface area contributed by atoms with Gasteiger partial charge in [-0.15, -0.1) is 0 Å². The van der Waals surface area contributed by atoms with E-state index in [-0.39, 0.29) is 19.1 Å². The molecule has 1 rings (SSSR count). The molecule has 88 valence electrons. The van der Waals surface area contributed by atoms with Crippen molar-refractivity contribution in [1.29, 1.82) is 0 Å². The summed E-state index contributed by atoms with van der Waals surface area (Å²) in [4.78, 5) is 13.3. The van der Waals surface area contributed by atoms with Crippen LogP contribution in [0.5, 0.6) is 0 Å². The van der Waals surface area contributed by atoms with Crippen molar-refractivity contribution in [3.63, 3.8) is 0 Å². The highest BCUT2D eigenvalue weighted by Gasteiger charge is 2.16. The molecule has 4 nitrogen and oxygen atoms in total. The first kappa shape index (κ1) is 12.9. The highest BCUT2D eigenvalue weighted by atomic mass is 32.2. The van der Waals surface area contributed by atoms with Gasteiger partial charge in [0.1, 0.15) is 0 Å². The van der Waals surface area contributed by atoms with Crippen LogP contribution in [0.3, 0.4) is 0 Å². The number of anilines is 2. The molecule has 0 aromatic heterocycles. The molecule has 16 heavy (non-hydrogen) atoms. The van der Waals surface area contributed by atoms with Crippen LogP contribution >= 0.6 is 11.8 Å². The number of aliphatic hydroxyl groups excluding tert-OH is 1. The maximum Gasteiger partial charge on any atom is 0.237 e. The van der Waals surface area contributed by atoms with Crippen molar-refractivity contribution in [1.82, 2.24) is 0 Å². The smallest absolute Gasteiger partial charge is 0.237 e. The van der Waals surface area contributed by atoms with Gasteiger partial charge in [0.25, 0.3) is 0 Å². The number of benzene rings is 1. The number of carbonyl (C=O) groups excluding carboxylic acids is 1. The SMILES string of the molecule is CSCC(=O)N(CCO)c1ccccc1N. The first-order chi connectivity index (χ1) is 7.70. The summed E-state index contributed by atoms with van der Waals surface area (Å²) >= 11 is 1.45. The lowest BCUT2D eigenvalue weighted by Gasteiger charge is -2.22. The number of hydrogen-bond donors (Lipinski definition) is 2. The fourth-order valence-corrected chi connectivity index (χ4v) is 1.82. The number of nitrogens with two attached hydrogens (primary N) is 1. The molecule has 0 radical (unpaired) electrons. The maximum atomic E-state index is 11.8. The second-order valence-corrected chi connectivity index (χ2v) is 4.13. The molecule has 0 saturated heterocycles. The Bertz CT molecular complexity index is 358. The van der Waals surface area contributed by atoms with Crippen LogP contribution in [0.2, 0.25) is 0 Å². The van der Waals surface area contributed by atoms with Crippen LogP contribution in [0.25, 0.3) is 0 Å². The third kappa shape index (κ3) is 3.15. The molecule has 0 aliphatic heterocycles. The fourth-order valence-electron chi connectivity index (χ4n) is 1.41. The Kier molecular flexibility index (Phi) is 5.14. The quantitative estimate of drug-likeness (QED) is 0.752. The number of carbonyl (C=O) groups is 1. The van der Waals surface area contributed by atoms with Crippen molar-refractivity contribution < 1.29 is 9.90 Å². The summed E-state index contributed by atoms with van der Waals surface area (Å²) in [7, 11) is 0. The van der Waals surface area contributed by atoms with Crippen molar-refractivity contribution in [2.45, 2.75) is 0 Å². The Balaban J connectivity index is 2.93. The summed E-state index contributed by atoms with van der Waals surface area (Å²) in [6.45, 7) is 0.196. The van der Waals surface area contributed by atoms with Gasteiger partial charge in [-0.3, -0.25) is 4.79 Å². The third-order valence-corrected chi connectivity index (χ3v) is 2.66. The highest BCUT2D eigenvalue weighted by molar-refractivity contribution is 7.99. The minimum Gasteiger partial charge on any atom is -0.397 e. The Morgan fingerprint density at radius 3 is 2.75 bits per heavy atom.